The number of halogens is 2. The summed E-state index contributed by atoms with van der Waals surface area (Å²) in [6.45, 7) is 2.50. The molecule has 1 N–H and O–H groups in total. The van der Waals surface area contributed by atoms with Gasteiger partial charge in [0.25, 0.3) is 5.91 Å². The minimum atomic E-state index is -0.852. The summed E-state index contributed by atoms with van der Waals surface area (Å²) in [5, 5.41) is 2.67. The molecule has 8 heteroatoms. The molecular formula is C19H18F2N2O4. The van der Waals surface area contributed by atoms with E-state index in [4.69, 9.17) is 9.47 Å². The van der Waals surface area contributed by atoms with E-state index < -0.39 is 23.4 Å². The quantitative estimate of drug-likeness (QED) is 0.871. The number of carbonyl (C=O) groups excluding carboxylic acids is 2. The van der Waals surface area contributed by atoms with Crippen LogP contribution in [0.3, 0.4) is 0 Å². The predicted octanol–water partition coefficient (Wildman–Crippen LogP) is 2.84. The van der Waals surface area contributed by atoms with E-state index >= 15 is 0 Å². The number of nitrogens with one attached hydrogen (secondary N) is 1. The molecule has 0 bridgehead atoms. The molecule has 0 fully saturated rings. The number of hydrogen-bond donors (Lipinski definition) is 1. The van der Waals surface area contributed by atoms with E-state index in [1.807, 2.05) is 0 Å². The van der Waals surface area contributed by atoms with Crippen molar-refractivity contribution < 1.29 is 27.8 Å². The van der Waals surface area contributed by atoms with Gasteiger partial charge < -0.3 is 19.7 Å². The summed E-state index contributed by atoms with van der Waals surface area (Å²) < 4.78 is 37.5. The van der Waals surface area contributed by atoms with Gasteiger partial charge in [-0.2, -0.15) is 0 Å². The molecule has 6 nitrogen and oxygen atoms in total. The fourth-order valence-corrected chi connectivity index (χ4v) is 2.68. The number of hydrogen-bond acceptors (Lipinski definition) is 4. The second-order valence-corrected chi connectivity index (χ2v) is 5.88. The Morgan fingerprint density at radius 1 is 1.04 bits per heavy atom. The average molecular weight is 376 g/mol. The molecule has 0 spiro atoms. The third-order valence-corrected chi connectivity index (χ3v) is 3.94. The maximum Gasteiger partial charge on any atom is 0.254 e. The normalized spacial score (nSPS) is 12.4. The zero-order chi connectivity index (χ0) is 19.4. The summed E-state index contributed by atoms with van der Waals surface area (Å²) >= 11 is 0. The third kappa shape index (κ3) is 4.52. The van der Waals surface area contributed by atoms with Gasteiger partial charge in [-0.1, -0.05) is 0 Å². The van der Waals surface area contributed by atoms with Crippen LogP contribution in [-0.4, -0.2) is 43.0 Å². The van der Waals surface area contributed by atoms with Crippen molar-refractivity contribution in [2.45, 2.75) is 6.92 Å². The van der Waals surface area contributed by atoms with E-state index in [0.29, 0.717) is 36.5 Å². The number of amides is 2. The highest BCUT2D eigenvalue weighted by atomic mass is 19.1. The van der Waals surface area contributed by atoms with Crippen molar-refractivity contribution in [2.24, 2.45) is 0 Å². The molecule has 0 saturated heterocycles. The van der Waals surface area contributed by atoms with Crippen molar-refractivity contribution in [3.05, 3.63) is 53.6 Å². The number of rotatable bonds is 5. The van der Waals surface area contributed by atoms with Gasteiger partial charge in [0.2, 0.25) is 5.91 Å². The molecule has 1 aliphatic rings. The first-order chi connectivity index (χ1) is 13.0. The van der Waals surface area contributed by atoms with Crippen LogP contribution in [0.2, 0.25) is 0 Å². The number of likely N-dealkylation sites (N-methyl/N-ethyl adjacent to an activating group) is 1. The fourth-order valence-electron chi connectivity index (χ4n) is 2.68. The number of anilines is 1. The number of nitrogens with zero attached hydrogens (tertiary/aromatic N) is 1. The van der Waals surface area contributed by atoms with Crippen molar-refractivity contribution in [3.63, 3.8) is 0 Å². The molecule has 27 heavy (non-hydrogen) atoms. The van der Waals surface area contributed by atoms with E-state index in [2.05, 4.69) is 5.32 Å². The summed E-state index contributed by atoms with van der Waals surface area (Å²) in [7, 11) is 0. The second-order valence-electron chi connectivity index (χ2n) is 5.88. The Morgan fingerprint density at radius 2 is 1.70 bits per heavy atom. The van der Waals surface area contributed by atoms with Crippen LogP contribution in [-0.2, 0) is 4.79 Å². The highest BCUT2D eigenvalue weighted by molar-refractivity contribution is 5.99. The van der Waals surface area contributed by atoms with Gasteiger partial charge in [0.15, 0.2) is 11.5 Å². The summed E-state index contributed by atoms with van der Waals surface area (Å²) in [6.07, 6.45) is 0. The first-order valence-electron chi connectivity index (χ1n) is 8.41. The molecule has 1 aliphatic heterocycles. The SMILES string of the molecule is CCN(CC(=O)Nc1ccc2c(c1)OCCO2)C(=O)c1cc(F)cc(F)c1. The number of fused-ring (bicyclic) bond motifs is 1. The number of ether oxygens (including phenoxy) is 2. The molecule has 2 amide bonds. The second kappa shape index (κ2) is 8.03. The lowest BCUT2D eigenvalue weighted by molar-refractivity contribution is -0.116. The van der Waals surface area contributed by atoms with Gasteiger partial charge in [-0.05, 0) is 31.2 Å². The lowest BCUT2D eigenvalue weighted by atomic mass is 10.2. The standard InChI is InChI=1S/C19H18F2N2O4/c1-2-23(19(25)12-7-13(20)9-14(21)8-12)11-18(24)22-15-3-4-16-17(10-15)27-6-5-26-16/h3-4,7-10H,2,5-6,11H2,1H3,(H,22,24). The third-order valence-electron chi connectivity index (χ3n) is 3.94. The minimum Gasteiger partial charge on any atom is -0.486 e. The molecule has 0 aliphatic carbocycles. The molecule has 1 heterocycles. The van der Waals surface area contributed by atoms with Crippen LogP contribution in [0, 0.1) is 11.6 Å². The van der Waals surface area contributed by atoms with E-state index in [1.54, 1.807) is 25.1 Å². The molecule has 0 radical (unpaired) electrons. The highest BCUT2D eigenvalue weighted by Crippen LogP contribution is 2.32. The van der Waals surface area contributed by atoms with Gasteiger partial charge in [-0.15, -0.1) is 0 Å². The minimum absolute atomic E-state index is 0.151. The van der Waals surface area contributed by atoms with Crippen molar-refractivity contribution in [2.75, 3.05) is 31.6 Å². The van der Waals surface area contributed by atoms with Gasteiger partial charge in [-0.3, -0.25) is 9.59 Å². The molecule has 3 rings (SSSR count). The maximum atomic E-state index is 13.3. The van der Waals surface area contributed by atoms with Crippen LogP contribution in [0.5, 0.6) is 11.5 Å². The Morgan fingerprint density at radius 3 is 2.37 bits per heavy atom. The Bertz CT molecular complexity index is 853. The van der Waals surface area contributed by atoms with E-state index in [0.717, 1.165) is 12.1 Å². The highest BCUT2D eigenvalue weighted by Gasteiger charge is 2.19. The summed E-state index contributed by atoms with van der Waals surface area (Å²) in [5.41, 5.74) is 0.339. The van der Waals surface area contributed by atoms with Crippen LogP contribution in [0.4, 0.5) is 14.5 Å². The Hall–Kier alpha value is -3.16. The lowest BCUT2D eigenvalue weighted by Gasteiger charge is -2.21. The van der Waals surface area contributed by atoms with Gasteiger partial charge in [0.1, 0.15) is 31.4 Å². The first-order valence-corrected chi connectivity index (χ1v) is 8.41. The zero-order valence-electron chi connectivity index (χ0n) is 14.6. The molecular weight excluding hydrogens is 358 g/mol. The largest absolute Gasteiger partial charge is 0.486 e. The Balaban J connectivity index is 1.67. The molecule has 0 unspecified atom stereocenters. The van der Waals surface area contributed by atoms with E-state index in [-0.39, 0.29) is 18.7 Å². The molecule has 2 aromatic carbocycles. The van der Waals surface area contributed by atoms with Crippen LogP contribution < -0.4 is 14.8 Å². The predicted molar refractivity (Wildman–Crippen MR) is 94.0 cm³/mol. The van der Waals surface area contributed by atoms with Crippen molar-refractivity contribution in [3.8, 4) is 11.5 Å². The monoisotopic (exact) mass is 376 g/mol. The van der Waals surface area contributed by atoms with Crippen molar-refractivity contribution in [1.29, 1.82) is 0 Å². The van der Waals surface area contributed by atoms with Gasteiger partial charge in [0.05, 0.1) is 0 Å². The van der Waals surface area contributed by atoms with Crippen LogP contribution in [0.25, 0.3) is 0 Å². The van der Waals surface area contributed by atoms with Crippen LogP contribution in [0.1, 0.15) is 17.3 Å². The maximum absolute atomic E-state index is 13.3. The average Bonchev–Trinajstić information content (AvgIpc) is 2.64. The van der Waals surface area contributed by atoms with E-state index in [9.17, 15) is 18.4 Å². The first kappa shape index (κ1) is 18.6. The van der Waals surface area contributed by atoms with E-state index in [1.165, 1.54) is 4.90 Å². The van der Waals surface area contributed by atoms with Gasteiger partial charge in [0, 0.05) is 29.9 Å². The van der Waals surface area contributed by atoms with Gasteiger partial charge in [-0.25, -0.2) is 8.78 Å². The molecule has 0 atom stereocenters. The number of carbonyl (C=O) groups is 2. The number of benzene rings is 2. The van der Waals surface area contributed by atoms with Crippen molar-refractivity contribution >= 4 is 17.5 Å². The molecule has 2 aromatic rings. The topological polar surface area (TPSA) is 67.9 Å². The lowest BCUT2D eigenvalue weighted by Crippen LogP contribution is -2.38. The fraction of sp³-hybridized carbons (Fsp3) is 0.263. The van der Waals surface area contributed by atoms with Crippen LogP contribution >= 0.6 is 0 Å². The summed E-state index contributed by atoms with van der Waals surface area (Å²) in [5.74, 6) is -1.66. The Kier molecular flexibility index (Phi) is 5.54. The van der Waals surface area contributed by atoms with Gasteiger partial charge >= 0.3 is 0 Å². The summed E-state index contributed by atoms with van der Waals surface area (Å²) in [6, 6.07) is 7.53. The smallest absolute Gasteiger partial charge is 0.254 e. The zero-order valence-corrected chi connectivity index (χ0v) is 14.6. The molecule has 142 valence electrons. The summed E-state index contributed by atoms with van der Waals surface area (Å²) in [4.78, 5) is 25.9. The Labute approximate surface area is 154 Å². The molecule has 0 aromatic heterocycles. The van der Waals surface area contributed by atoms with Crippen LogP contribution in [0.15, 0.2) is 36.4 Å². The van der Waals surface area contributed by atoms with Crippen molar-refractivity contribution in [1.82, 2.24) is 4.90 Å². The molecule has 0 saturated carbocycles.